The van der Waals surface area contributed by atoms with Crippen molar-refractivity contribution in [3.63, 3.8) is 0 Å². The Hall–Kier alpha value is -3.72. The average Bonchev–Trinajstić information content (AvgIpc) is 2.68. The van der Waals surface area contributed by atoms with Crippen LogP contribution in [-0.4, -0.2) is 22.9 Å². The summed E-state index contributed by atoms with van der Waals surface area (Å²) in [5.41, 5.74) is 2.44. The molecule has 0 aliphatic carbocycles. The Morgan fingerprint density at radius 1 is 1.08 bits per heavy atom. The standard InChI is InChI=1S/C19H15N5O/c1-24(17-8-3-2-4-9-17)18(25)15-12-21-19(22-13-15)23-16-7-5-6-14(10-16)11-20/h2-10,12-13H,1H3,(H,21,22,23). The van der Waals surface area contributed by atoms with E-state index in [9.17, 15) is 4.79 Å². The Bertz CT molecular complexity index is 917. The molecule has 0 aliphatic heterocycles. The molecule has 122 valence electrons. The second-order valence-corrected chi connectivity index (χ2v) is 5.31. The first kappa shape index (κ1) is 16.1. The van der Waals surface area contributed by atoms with E-state index in [1.807, 2.05) is 36.4 Å². The lowest BCUT2D eigenvalue weighted by Gasteiger charge is -2.17. The number of nitriles is 1. The molecule has 6 nitrogen and oxygen atoms in total. The lowest BCUT2D eigenvalue weighted by atomic mass is 10.2. The summed E-state index contributed by atoms with van der Waals surface area (Å²) < 4.78 is 0. The molecule has 0 bridgehead atoms. The van der Waals surface area contributed by atoms with Crippen molar-refractivity contribution < 1.29 is 4.79 Å². The zero-order valence-electron chi connectivity index (χ0n) is 13.5. The molecule has 1 amide bonds. The van der Waals surface area contributed by atoms with E-state index >= 15 is 0 Å². The summed E-state index contributed by atoms with van der Waals surface area (Å²) in [6.07, 6.45) is 2.95. The van der Waals surface area contributed by atoms with Crippen LogP contribution >= 0.6 is 0 Å². The van der Waals surface area contributed by atoms with Crippen molar-refractivity contribution in [2.24, 2.45) is 0 Å². The summed E-state index contributed by atoms with van der Waals surface area (Å²) in [5.74, 6) is 0.165. The smallest absolute Gasteiger partial charge is 0.261 e. The van der Waals surface area contributed by atoms with E-state index in [1.165, 1.54) is 12.4 Å². The van der Waals surface area contributed by atoms with Crippen LogP contribution in [0.2, 0.25) is 0 Å². The first-order chi connectivity index (χ1) is 12.2. The number of anilines is 3. The molecule has 0 fully saturated rings. The number of benzene rings is 2. The van der Waals surface area contributed by atoms with E-state index in [1.54, 1.807) is 30.1 Å². The summed E-state index contributed by atoms with van der Waals surface area (Å²) in [6.45, 7) is 0. The van der Waals surface area contributed by atoms with E-state index in [0.717, 1.165) is 5.69 Å². The van der Waals surface area contributed by atoms with Gasteiger partial charge in [0, 0.05) is 30.8 Å². The molecule has 25 heavy (non-hydrogen) atoms. The number of nitrogens with one attached hydrogen (secondary N) is 1. The van der Waals surface area contributed by atoms with Gasteiger partial charge in [-0.3, -0.25) is 4.79 Å². The van der Waals surface area contributed by atoms with Gasteiger partial charge < -0.3 is 10.2 Å². The van der Waals surface area contributed by atoms with Crippen LogP contribution in [-0.2, 0) is 0 Å². The van der Waals surface area contributed by atoms with Crippen LogP contribution in [0.3, 0.4) is 0 Å². The maximum absolute atomic E-state index is 12.5. The van der Waals surface area contributed by atoms with Crippen LogP contribution in [0.25, 0.3) is 0 Å². The Morgan fingerprint density at radius 2 is 1.80 bits per heavy atom. The molecule has 1 heterocycles. The summed E-state index contributed by atoms with van der Waals surface area (Å²) in [5, 5.41) is 11.9. The predicted octanol–water partition coefficient (Wildman–Crippen LogP) is 3.37. The van der Waals surface area contributed by atoms with Gasteiger partial charge in [-0.15, -0.1) is 0 Å². The minimum Gasteiger partial charge on any atom is -0.324 e. The number of aromatic nitrogens is 2. The van der Waals surface area contributed by atoms with E-state index < -0.39 is 0 Å². The SMILES string of the molecule is CN(C(=O)c1cnc(Nc2cccc(C#N)c2)nc1)c1ccccc1. The minimum atomic E-state index is -0.191. The topological polar surface area (TPSA) is 81.9 Å². The molecule has 1 N–H and O–H groups in total. The van der Waals surface area contributed by atoms with E-state index in [4.69, 9.17) is 5.26 Å². The molecule has 0 saturated heterocycles. The number of amides is 1. The van der Waals surface area contributed by atoms with Gasteiger partial charge in [-0.1, -0.05) is 24.3 Å². The summed E-state index contributed by atoms with van der Waals surface area (Å²) in [7, 11) is 1.71. The Kier molecular flexibility index (Phi) is 4.67. The van der Waals surface area contributed by atoms with Gasteiger partial charge in [0.2, 0.25) is 5.95 Å². The van der Waals surface area contributed by atoms with Gasteiger partial charge in [0.1, 0.15) is 0 Å². The summed E-state index contributed by atoms with van der Waals surface area (Å²) in [4.78, 5) is 22.4. The third kappa shape index (κ3) is 3.79. The molecule has 0 unspecified atom stereocenters. The molecule has 0 saturated carbocycles. The second-order valence-electron chi connectivity index (χ2n) is 5.31. The highest BCUT2D eigenvalue weighted by molar-refractivity contribution is 6.05. The van der Waals surface area contributed by atoms with E-state index in [-0.39, 0.29) is 5.91 Å². The number of carbonyl (C=O) groups excluding carboxylic acids is 1. The van der Waals surface area contributed by atoms with Gasteiger partial charge in [0.15, 0.2) is 0 Å². The van der Waals surface area contributed by atoms with Crippen LogP contribution in [0.1, 0.15) is 15.9 Å². The fourth-order valence-electron chi connectivity index (χ4n) is 2.26. The molecule has 1 aromatic heterocycles. The van der Waals surface area contributed by atoms with E-state index in [0.29, 0.717) is 22.8 Å². The average molecular weight is 329 g/mol. The fraction of sp³-hybridized carbons (Fsp3) is 0.0526. The Morgan fingerprint density at radius 3 is 2.48 bits per heavy atom. The van der Waals surface area contributed by atoms with Gasteiger partial charge in [0.05, 0.1) is 17.2 Å². The highest BCUT2D eigenvalue weighted by atomic mass is 16.2. The lowest BCUT2D eigenvalue weighted by molar-refractivity contribution is 0.0992. The van der Waals surface area contributed by atoms with Gasteiger partial charge in [-0.05, 0) is 30.3 Å². The molecule has 6 heteroatoms. The third-order valence-electron chi connectivity index (χ3n) is 3.59. The highest BCUT2D eigenvalue weighted by Gasteiger charge is 2.14. The number of nitrogens with zero attached hydrogens (tertiary/aromatic N) is 4. The van der Waals surface area contributed by atoms with Crippen molar-refractivity contribution >= 4 is 23.2 Å². The molecular weight excluding hydrogens is 314 g/mol. The minimum absolute atomic E-state index is 0.191. The molecule has 0 aliphatic rings. The van der Waals surface area contributed by atoms with Gasteiger partial charge in [-0.25, -0.2) is 9.97 Å². The van der Waals surface area contributed by atoms with Crippen molar-refractivity contribution in [1.29, 1.82) is 5.26 Å². The molecule has 0 spiro atoms. The van der Waals surface area contributed by atoms with Crippen molar-refractivity contribution in [1.82, 2.24) is 9.97 Å². The summed E-state index contributed by atoms with van der Waals surface area (Å²) in [6, 6.07) is 18.4. The maximum atomic E-state index is 12.5. The maximum Gasteiger partial charge on any atom is 0.261 e. The van der Waals surface area contributed by atoms with Crippen LogP contribution < -0.4 is 10.2 Å². The van der Waals surface area contributed by atoms with Crippen LogP contribution in [0, 0.1) is 11.3 Å². The zero-order valence-corrected chi connectivity index (χ0v) is 13.5. The normalized spacial score (nSPS) is 9.92. The van der Waals surface area contributed by atoms with Crippen molar-refractivity contribution in [3.8, 4) is 6.07 Å². The van der Waals surface area contributed by atoms with Gasteiger partial charge in [0.25, 0.3) is 5.91 Å². The Labute approximate surface area is 145 Å². The van der Waals surface area contributed by atoms with Crippen LogP contribution in [0.15, 0.2) is 67.0 Å². The largest absolute Gasteiger partial charge is 0.324 e. The monoisotopic (exact) mass is 329 g/mol. The summed E-state index contributed by atoms with van der Waals surface area (Å²) >= 11 is 0. The van der Waals surface area contributed by atoms with Crippen LogP contribution in [0.5, 0.6) is 0 Å². The van der Waals surface area contributed by atoms with Crippen molar-refractivity contribution in [3.05, 3.63) is 78.1 Å². The molecule has 3 aromatic rings. The number of hydrogen-bond acceptors (Lipinski definition) is 5. The number of para-hydroxylation sites is 1. The van der Waals surface area contributed by atoms with Crippen LogP contribution in [0.4, 0.5) is 17.3 Å². The molecular formula is C19H15N5O. The Balaban J connectivity index is 1.73. The van der Waals surface area contributed by atoms with Crippen molar-refractivity contribution in [2.75, 3.05) is 17.3 Å². The molecule has 0 radical (unpaired) electrons. The zero-order chi connectivity index (χ0) is 17.6. The molecule has 0 atom stereocenters. The lowest BCUT2D eigenvalue weighted by Crippen LogP contribution is -2.26. The number of carbonyl (C=O) groups is 1. The van der Waals surface area contributed by atoms with Gasteiger partial charge in [-0.2, -0.15) is 5.26 Å². The quantitative estimate of drug-likeness (QED) is 0.793. The first-order valence-corrected chi connectivity index (χ1v) is 7.60. The molecule has 2 aromatic carbocycles. The first-order valence-electron chi connectivity index (χ1n) is 7.60. The second kappa shape index (κ2) is 7.23. The third-order valence-corrected chi connectivity index (χ3v) is 3.59. The molecule has 3 rings (SSSR count). The van der Waals surface area contributed by atoms with Crippen molar-refractivity contribution in [2.45, 2.75) is 0 Å². The number of hydrogen-bond donors (Lipinski definition) is 1. The predicted molar refractivity (Wildman–Crippen MR) is 95.6 cm³/mol. The highest BCUT2D eigenvalue weighted by Crippen LogP contribution is 2.16. The van der Waals surface area contributed by atoms with Gasteiger partial charge >= 0.3 is 0 Å². The number of rotatable bonds is 4. The fourth-order valence-corrected chi connectivity index (χ4v) is 2.26. The van der Waals surface area contributed by atoms with E-state index in [2.05, 4.69) is 21.4 Å².